The van der Waals surface area contributed by atoms with Gasteiger partial charge in [-0.15, -0.1) is 0 Å². The highest BCUT2D eigenvalue weighted by molar-refractivity contribution is 7.92. The minimum atomic E-state index is -3.63. The largest absolute Gasteiger partial charge is 0.348 e. The Hall–Kier alpha value is -2.34. The third kappa shape index (κ3) is 5.13. The first kappa shape index (κ1) is 22.0. The van der Waals surface area contributed by atoms with Gasteiger partial charge < -0.3 is 5.32 Å². The molecule has 0 radical (unpaired) electrons. The zero-order chi connectivity index (χ0) is 21.1. The van der Waals surface area contributed by atoms with Gasteiger partial charge >= 0.3 is 0 Å². The van der Waals surface area contributed by atoms with Crippen molar-refractivity contribution in [1.29, 1.82) is 0 Å². The first-order valence-corrected chi connectivity index (χ1v) is 11.3. The van der Waals surface area contributed by atoms with Crippen molar-refractivity contribution in [2.24, 2.45) is 0 Å². The summed E-state index contributed by atoms with van der Waals surface area (Å²) >= 11 is 0. The van der Waals surface area contributed by atoms with E-state index in [1.807, 2.05) is 52.8 Å². The standard InChI is InChI=1S/C22H30N2O3S/c1-7-21(24(28(6,26)27)19-10-8-9-15(2)14-19)22(25)23-18(5)20-12-11-16(3)13-17(20)4/h8-14,18,21H,7H2,1-6H3,(H,23,25)/t18-,21+/m1/s1. The van der Waals surface area contributed by atoms with Crippen molar-refractivity contribution in [1.82, 2.24) is 5.32 Å². The number of hydrogen-bond acceptors (Lipinski definition) is 3. The van der Waals surface area contributed by atoms with Crippen molar-refractivity contribution in [3.8, 4) is 0 Å². The lowest BCUT2D eigenvalue weighted by atomic mass is 10.00. The number of benzene rings is 2. The number of carbonyl (C=O) groups is 1. The maximum absolute atomic E-state index is 13.1. The molecule has 0 saturated carbocycles. The Morgan fingerprint density at radius 3 is 2.25 bits per heavy atom. The number of sulfonamides is 1. The van der Waals surface area contributed by atoms with E-state index in [1.54, 1.807) is 18.2 Å². The second-order valence-electron chi connectivity index (χ2n) is 7.41. The smallest absolute Gasteiger partial charge is 0.244 e. The molecule has 2 atom stereocenters. The second-order valence-corrected chi connectivity index (χ2v) is 9.27. The average molecular weight is 403 g/mol. The number of aryl methyl sites for hydroxylation is 3. The molecule has 2 rings (SSSR count). The molecule has 0 bridgehead atoms. The third-order valence-corrected chi connectivity index (χ3v) is 6.02. The Labute approximate surface area is 168 Å². The number of amides is 1. The van der Waals surface area contributed by atoms with Crippen molar-refractivity contribution in [2.75, 3.05) is 10.6 Å². The summed E-state index contributed by atoms with van der Waals surface area (Å²) in [5.74, 6) is -0.304. The number of rotatable bonds is 7. The van der Waals surface area contributed by atoms with Crippen LogP contribution >= 0.6 is 0 Å². The summed E-state index contributed by atoms with van der Waals surface area (Å²) in [5.41, 5.74) is 4.72. The Morgan fingerprint density at radius 2 is 1.71 bits per heavy atom. The van der Waals surface area contributed by atoms with E-state index >= 15 is 0 Å². The molecule has 2 aromatic rings. The van der Waals surface area contributed by atoms with Crippen LogP contribution in [0.15, 0.2) is 42.5 Å². The molecule has 1 amide bonds. The minimum Gasteiger partial charge on any atom is -0.348 e. The molecule has 0 saturated heterocycles. The van der Waals surface area contributed by atoms with Crippen molar-refractivity contribution < 1.29 is 13.2 Å². The first-order chi connectivity index (χ1) is 13.0. The van der Waals surface area contributed by atoms with Gasteiger partial charge in [0, 0.05) is 0 Å². The zero-order valence-electron chi connectivity index (χ0n) is 17.5. The van der Waals surface area contributed by atoms with E-state index in [4.69, 9.17) is 0 Å². The fraction of sp³-hybridized carbons (Fsp3) is 0.409. The molecule has 0 aliphatic heterocycles. The molecule has 2 aromatic carbocycles. The quantitative estimate of drug-likeness (QED) is 0.760. The van der Waals surface area contributed by atoms with E-state index in [-0.39, 0.29) is 11.9 Å². The Morgan fingerprint density at radius 1 is 1.07 bits per heavy atom. The van der Waals surface area contributed by atoms with Crippen LogP contribution in [-0.4, -0.2) is 26.6 Å². The predicted molar refractivity (Wildman–Crippen MR) is 115 cm³/mol. The van der Waals surface area contributed by atoms with Crippen molar-refractivity contribution >= 4 is 21.6 Å². The molecule has 0 heterocycles. The van der Waals surface area contributed by atoms with E-state index in [0.29, 0.717) is 12.1 Å². The SMILES string of the molecule is CC[C@@H](C(=O)N[C@H](C)c1ccc(C)cc1C)N(c1cccc(C)c1)S(C)(=O)=O. The topological polar surface area (TPSA) is 66.5 Å². The lowest BCUT2D eigenvalue weighted by molar-refractivity contribution is -0.122. The van der Waals surface area contributed by atoms with Gasteiger partial charge in [-0.3, -0.25) is 9.10 Å². The van der Waals surface area contributed by atoms with Crippen LogP contribution in [0.25, 0.3) is 0 Å². The van der Waals surface area contributed by atoms with Crippen LogP contribution in [-0.2, 0) is 14.8 Å². The first-order valence-electron chi connectivity index (χ1n) is 9.48. The Kier molecular flexibility index (Phi) is 6.88. The second kappa shape index (κ2) is 8.78. The van der Waals surface area contributed by atoms with Crippen LogP contribution in [0, 0.1) is 20.8 Å². The van der Waals surface area contributed by atoms with E-state index in [1.165, 1.54) is 4.31 Å². The van der Waals surface area contributed by atoms with Gasteiger partial charge in [0.2, 0.25) is 15.9 Å². The molecule has 0 unspecified atom stereocenters. The highest BCUT2D eigenvalue weighted by atomic mass is 32.2. The number of carbonyl (C=O) groups excluding carboxylic acids is 1. The fourth-order valence-corrected chi connectivity index (χ4v) is 4.73. The van der Waals surface area contributed by atoms with E-state index in [9.17, 15) is 13.2 Å². The van der Waals surface area contributed by atoms with Gasteiger partial charge in [-0.1, -0.05) is 42.8 Å². The fourth-order valence-electron chi connectivity index (χ4n) is 3.52. The molecule has 152 valence electrons. The summed E-state index contributed by atoms with van der Waals surface area (Å²) in [5, 5.41) is 3.00. The molecule has 6 heteroatoms. The normalized spacial score (nSPS) is 13.6. The Balaban J connectivity index is 2.33. The summed E-state index contributed by atoms with van der Waals surface area (Å²) in [6.45, 7) is 9.67. The number of hydrogen-bond donors (Lipinski definition) is 1. The van der Waals surface area contributed by atoms with E-state index in [2.05, 4.69) is 11.4 Å². The summed E-state index contributed by atoms with van der Waals surface area (Å²) in [7, 11) is -3.63. The summed E-state index contributed by atoms with van der Waals surface area (Å²) in [4.78, 5) is 13.1. The molecule has 0 aromatic heterocycles. The maximum atomic E-state index is 13.1. The van der Waals surface area contributed by atoms with Crippen LogP contribution in [0.4, 0.5) is 5.69 Å². The maximum Gasteiger partial charge on any atom is 0.244 e. The molecule has 0 spiro atoms. The van der Waals surface area contributed by atoms with Crippen molar-refractivity contribution in [3.63, 3.8) is 0 Å². The van der Waals surface area contributed by atoms with Crippen LogP contribution < -0.4 is 9.62 Å². The Bertz CT molecular complexity index is 954. The van der Waals surface area contributed by atoms with Gasteiger partial charge in [-0.2, -0.15) is 0 Å². The number of nitrogens with one attached hydrogen (secondary N) is 1. The third-order valence-electron chi connectivity index (χ3n) is 4.84. The number of anilines is 1. The van der Waals surface area contributed by atoms with Crippen LogP contribution in [0.1, 0.15) is 48.6 Å². The highest BCUT2D eigenvalue weighted by Crippen LogP contribution is 2.25. The van der Waals surface area contributed by atoms with Gasteiger partial charge in [-0.25, -0.2) is 8.42 Å². The minimum absolute atomic E-state index is 0.221. The van der Waals surface area contributed by atoms with Gasteiger partial charge in [-0.05, 0) is 62.9 Å². The lowest BCUT2D eigenvalue weighted by Crippen LogP contribution is -2.49. The van der Waals surface area contributed by atoms with E-state index < -0.39 is 16.1 Å². The molecule has 0 aliphatic carbocycles. The predicted octanol–water partition coefficient (Wildman–Crippen LogP) is 4.03. The summed E-state index contributed by atoms with van der Waals surface area (Å²) in [6.07, 6.45) is 1.51. The van der Waals surface area contributed by atoms with Crippen molar-refractivity contribution in [3.05, 3.63) is 64.7 Å². The van der Waals surface area contributed by atoms with Gasteiger partial charge in [0.15, 0.2) is 0 Å². The molecule has 5 nitrogen and oxygen atoms in total. The molecular weight excluding hydrogens is 372 g/mol. The van der Waals surface area contributed by atoms with Gasteiger partial charge in [0.1, 0.15) is 6.04 Å². The van der Waals surface area contributed by atoms with Crippen LogP contribution in [0.2, 0.25) is 0 Å². The van der Waals surface area contributed by atoms with Crippen molar-refractivity contribution in [2.45, 2.75) is 53.1 Å². The lowest BCUT2D eigenvalue weighted by Gasteiger charge is -2.31. The number of nitrogens with zero attached hydrogens (tertiary/aromatic N) is 1. The average Bonchev–Trinajstić information content (AvgIpc) is 2.57. The highest BCUT2D eigenvalue weighted by Gasteiger charge is 2.32. The zero-order valence-corrected chi connectivity index (χ0v) is 18.3. The van der Waals surface area contributed by atoms with Crippen LogP contribution in [0.5, 0.6) is 0 Å². The monoisotopic (exact) mass is 402 g/mol. The molecule has 0 aliphatic rings. The molecule has 1 N–H and O–H groups in total. The van der Waals surface area contributed by atoms with Gasteiger partial charge in [0.25, 0.3) is 0 Å². The van der Waals surface area contributed by atoms with Crippen LogP contribution in [0.3, 0.4) is 0 Å². The molecule has 28 heavy (non-hydrogen) atoms. The van der Waals surface area contributed by atoms with E-state index in [0.717, 1.165) is 28.5 Å². The molecule has 0 fully saturated rings. The molecular formula is C22H30N2O3S. The van der Waals surface area contributed by atoms with Gasteiger partial charge in [0.05, 0.1) is 18.0 Å². The summed E-state index contributed by atoms with van der Waals surface area (Å²) < 4.78 is 26.3. The summed E-state index contributed by atoms with van der Waals surface area (Å²) in [6, 6.07) is 12.3.